The molecular weight excluding hydrogens is 317 g/mol. The van der Waals surface area contributed by atoms with Crippen LogP contribution in [0.5, 0.6) is 11.6 Å². The fraction of sp³-hybridized carbons (Fsp3) is 0.0909. The minimum Gasteiger partial charge on any atom is -0.436 e. The lowest BCUT2D eigenvalue weighted by molar-refractivity contribution is 0.459. The van der Waals surface area contributed by atoms with Crippen LogP contribution >= 0.6 is 22.6 Å². The summed E-state index contributed by atoms with van der Waals surface area (Å²) in [5.74, 6) is 1.14. The Morgan fingerprint density at radius 3 is 2.94 bits per heavy atom. The summed E-state index contributed by atoms with van der Waals surface area (Å²) in [6.07, 6.45) is 3.14. The summed E-state index contributed by atoms with van der Waals surface area (Å²) in [6.45, 7) is 1.94. The number of hydrogen-bond donors (Lipinski definition) is 1. The lowest BCUT2D eigenvalue weighted by Crippen LogP contribution is -1.97. The first-order chi connectivity index (χ1) is 7.68. The molecule has 0 aliphatic heterocycles. The Bertz CT molecular complexity index is 516. The number of rotatable bonds is 2. The molecule has 0 aliphatic carbocycles. The first-order valence-corrected chi connectivity index (χ1v) is 5.75. The zero-order valence-corrected chi connectivity index (χ0v) is 10.8. The Morgan fingerprint density at radius 1 is 1.38 bits per heavy atom. The summed E-state index contributed by atoms with van der Waals surface area (Å²) in [7, 11) is 0. The smallest absolute Gasteiger partial charge is 0.235 e. The molecule has 0 spiro atoms. The maximum atomic E-state index is 5.91. The number of halogens is 1. The van der Waals surface area contributed by atoms with E-state index >= 15 is 0 Å². The van der Waals surface area contributed by atoms with Crippen LogP contribution in [0, 0.1) is 10.5 Å². The summed E-state index contributed by atoms with van der Waals surface area (Å²) in [5.41, 5.74) is 7.53. The Labute approximate surface area is 107 Å². The van der Waals surface area contributed by atoms with Crippen molar-refractivity contribution < 1.29 is 4.74 Å². The average Bonchev–Trinajstić information content (AvgIpc) is 2.28. The van der Waals surface area contributed by atoms with E-state index in [1.165, 1.54) is 6.33 Å². The predicted octanol–water partition coefficient (Wildman–Crippen LogP) is 2.76. The van der Waals surface area contributed by atoms with Crippen LogP contribution in [-0.2, 0) is 0 Å². The first kappa shape index (κ1) is 11.1. The number of aryl methyl sites for hydroxylation is 1. The van der Waals surface area contributed by atoms with Crippen LogP contribution in [0.1, 0.15) is 5.56 Å². The Kier molecular flexibility index (Phi) is 3.23. The molecule has 0 saturated heterocycles. The van der Waals surface area contributed by atoms with Gasteiger partial charge in [-0.15, -0.1) is 0 Å². The molecule has 0 atom stereocenters. The van der Waals surface area contributed by atoms with E-state index in [0.717, 1.165) is 9.13 Å². The molecule has 0 unspecified atom stereocenters. The zero-order valence-electron chi connectivity index (χ0n) is 8.64. The molecule has 2 aromatic rings. The second kappa shape index (κ2) is 4.65. The van der Waals surface area contributed by atoms with Gasteiger partial charge in [0.25, 0.3) is 0 Å². The van der Waals surface area contributed by atoms with E-state index in [2.05, 4.69) is 32.6 Å². The van der Waals surface area contributed by atoms with Crippen molar-refractivity contribution in [2.75, 3.05) is 5.73 Å². The van der Waals surface area contributed by atoms with Crippen molar-refractivity contribution in [1.29, 1.82) is 0 Å². The minimum absolute atomic E-state index is 0.521. The fourth-order valence-electron chi connectivity index (χ4n) is 1.22. The third-order valence-electron chi connectivity index (χ3n) is 2.12. The van der Waals surface area contributed by atoms with Gasteiger partial charge in [0.15, 0.2) is 5.75 Å². The van der Waals surface area contributed by atoms with Crippen molar-refractivity contribution in [3.8, 4) is 11.6 Å². The molecule has 16 heavy (non-hydrogen) atoms. The molecule has 82 valence electrons. The number of ether oxygens (including phenoxy) is 1. The Morgan fingerprint density at radius 2 is 2.19 bits per heavy atom. The summed E-state index contributed by atoms with van der Waals surface area (Å²) in [4.78, 5) is 7.94. The number of para-hydroxylation sites is 1. The summed E-state index contributed by atoms with van der Waals surface area (Å²) in [6, 6.07) is 5.66. The van der Waals surface area contributed by atoms with Crippen molar-refractivity contribution in [1.82, 2.24) is 9.97 Å². The minimum atomic E-state index is 0.521. The molecule has 2 N–H and O–H groups in total. The molecule has 0 fully saturated rings. The summed E-state index contributed by atoms with van der Waals surface area (Å²) >= 11 is 2.12. The van der Waals surface area contributed by atoms with Gasteiger partial charge in [0.2, 0.25) is 5.88 Å². The van der Waals surface area contributed by atoms with E-state index in [4.69, 9.17) is 10.5 Å². The number of benzene rings is 1. The van der Waals surface area contributed by atoms with Crippen LogP contribution in [0.3, 0.4) is 0 Å². The maximum Gasteiger partial charge on any atom is 0.235 e. The normalized spacial score (nSPS) is 10.1. The predicted molar refractivity (Wildman–Crippen MR) is 70.4 cm³/mol. The third-order valence-corrected chi connectivity index (χ3v) is 2.86. The average molecular weight is 327 g/mol. The van der Waals surface area contributed by atoms with Gasteiger partial charge < -0.3 is 10.5 Å². The van der Waals surface area contributed by atoms with E-state index in [-0.39, 0.29) is 0 Å². The van der Waals surface area contributed by atoms with Gasteiger partial charge >= 0.3 is 0 Å². The van der Waals surface area contributed by atoms with Crippen LogP contribution in [0.4, 0.5) is 5.69 Å². The van der Waals surface area contributed by atoms with Gasteiger partial charge in [-0.05, 0) is 41.1 Å². The highest BCUT2D eigenvalue weighted by Gasteiger charge is 2.07. The second-order valence-corrected chi connectivity index (χ2v) is 4.43. The lowest BCUT2D eigenvalue weighted by atomic mass is 10.2. The largest absolute Gasteiger partial charge is 0.436 e. The molecule has 1 heterocycles. The molecule has 0 aliphatic rings. The summed E-state index contributed by atoms with van der Waals surface area (Å²) < 4.78 is 6.49. The van der Waals surface area contributed by atoms with Crippen LogP contribution < -0.4 is 10.5 Å². The van der Waals surface area contributed by atoms with Crippen molar-refractivity contribution in [3.05, 3.63) is 39.9 Å². The van der Waals surface area contributed by atoms with Crippen LogP contribution in [0.15, 0.2) is 30.7 Å². The van der Waals surface area contributed by atoms with Crippen molar-refractivity contribution in [2.45, 2.75) is 6.92 Å². The van der Waals surface area contributed by atoms with Crippen molar-refractivity contribution in [2.24, 2.45) is 0 Å². The molecule has 0 radical (unpaired) electrons. The maximum absolute atomic E-state index is 5.91. The molecule has 0 saturated carbocycles. The van der Waals surface area contributed by atoms with Crippen LogP contribution in [-0.4, -0.2) is 9.97 Å². The fourth-order valence-corrected chi connectivity index (χ4v) is 1.63. The van der Waals surface area contributed by atoms with E-state index < -0.39 is 0 Å². The molecular formula is C11H10IN3O. The van der Waals surface area contributed by atoms with E-state index in [9.17, 15) is 0 Å². The number of aromatic nitrogens is 2. The van der Waals surface area contributed by atoms with Gasteiger partial charge in [-0.1, -0.05) is 12.1 Å². The molecule has 2 rings (SSSR count). The highest BCUT2D eigenvalue weighted by atomic mass is 127. The molecule has 5 heteroatoms. The molecule has 1 aromatic heterocycles. The van der Waals surface area contributed by atoms with Crippen molar-refractivity contribution in [3.63, 3.8) is 0 Å². The van der Waals surface area contributed by atoms with Crippen molar-refractivity contribution >= 4 is 28.3 Å². The Balaban J connectivity index is 2.35. The monoisotopic (exact) mass is 327 g/mol. The van der Waals surface area contributed by atoms with E-state index in [0.29, 0.717) is 17.3 Å². The number of nitrogen functional groups attached to an aromatic ring is 1. The van der Waals surface area contributed by atoms with Gasteiger partial charge in [0.1, 0.15) is 6.33 Å². The van der Waals surface area contributed by atoms with Gasteiger partial charge in [0.05, 0.1) is 9.26 Å². The summed E-state index contributed by atoms with van der Waals surface area (Å²) in [5, 5.41) is 0. The molecule has 4 nitrogen and oxygen atoms in total. The van der Waals surface area contributed by atoms with Gasteiger partial charge in [-0.3, -0.25) is 0 Å². The van der Waals surface area contributed by atoms with Crippen LogP contribution in [0.2, 0.25) is 0 Å². The standard InChI is InChI=1S/C11H10IN3O/c1-7-3-2-4-9(10(7)13)16-11-8(12)5-14-6-15-11/h2-6H,13H2,1H3. The van der Waals surface area contributed by atoms with E-state index in [1.54, 1.807) is 6.20 Å². The lowest BCUT2D eigenvalue weighted by Gasteiger charge is -2.09. The van der Waals surface area contributed by atoms with Gasteiger partial charge in [0, 0.05) is 6.20 Å². The third kappa shape index (κ3) is 2.24. The number of nitrogens with two attached hydrogens (primary N) is 1. The quantitative estimate of drug-likeness (QED) is 0.681. The Hall–Kier alpha value is -1.37. The van der Waals surface area contributed by atoms with Gasteiger partial charge in [-0.25, -0.2) is 9.97 Å². The van der Waals surface area contributed by atoms with Crippen LogP contribution in [0.25, 0.3) is 0 Å². The zero-order chi connectivity index (χ0) is 11.5. The van der Waals surface area contributed by atoms with Gasteiger partial charge in [-0.2, -0.15) is 0 Å². The highest BCUT2D eigenvalue weighted by Crippen LogP contribution is 2.30. The highest BCUT2D eigenvalue weighted by molar-refractivity contribution is 14.1. The SMILES string of the molecule is Cc1cccc(Oc2ncncc2I)c1N. The topological polar surface area (TPSA) is 61.0 Å². The van der Waals surface area contributed by atoms with E-state index in [1.807, 2.05) is 25.1 Å². The molecule has 0 amide bonds. The molecule has 1 aromatic carbocycles. The molecule has 0 bridgehead atoms. The number of anilines is 1. The first-order valence-electron chi connectivity index (χ1n) is 4.67. The second-order valence-electron chi connectivity index (χ2n) is 3.26. The number of nitrogens with zero attached hydrogens (tertiary/aromatic N) is 2. The number of hydrogen-bond acceptors (Lipinski definition) is 4.